The number of halogens is 1. The molecule has 0 fully saturated rings. The summed E-state index contributed by atoms with van der Waals surface area (Å²) in [5, 5.41) is 25.0. The summed E-state index contributed by atoms with van der Waals surface area (Å²) in [6, 6.07) is 12.5. The van der Waals surface area contributed by atoms with Gasteiger partial charge >= 0.3 is 5.69 Å². The number of carbonyl (C=O) groups excluding carboxylic acids is 1. The van der Waals surface area contributed by atoms with E-state index < -0.39 is 16.4 Å². The van der Waals surface area contributed by atoms with Crippen LogP contribution in [0.2, 0.25) is 0 Å². The van der Waals surface area contributed by atoms with Gasteiger partial charge in [0.05, 0.1) is 10.5 Å². The fourth-order valence-electron chi connectivity index (χ4n) is 3.71. The second-order valence-electron chi connectivity index (χ2n) is 7.44. The van der Waals surface area contributed by atoms with E-state index in [0.717, 1.165) is 41.7 Å². The molecular formula is C23H20BrN3O4S. The first-order chi connectivity index (χ1) is 15.4. The Bertz CT molecular complexity index is 1210. The van der Waals surface area contributed by atoms with Gasteiger partial charge in [-0.15, -0.1) is 11.3 Å². The lowest BCUT2D eigenvalue weighted by atomic mass is 9.95. The lowest BCUT2D eigenvalue weighted by Gasteiger charge is -2.12. The Morgan fingerprint density at radius 1 is 1.25 bits per heavy atom. The van der Waals surface area contributed by atoms with Crippen LogP contribution >= 0.6 is 27.3 Å². The normalized spacial score (nSPS) is 13.2. The molecule has 0 saturated carbocycles. The number of thiophene rings is 1. The number of phenolic OH excluding ortho intramolecular Hbond substituents is 1. The van der Waals surface area contributed by atoms with Crippen LogP contribution in [0.1, 0.15) is 44.8 Å². The van der Waals surface area contributed by atoms with Gasteiger partial charge in [0.2, 0.25) is 5.75 Å². The lowest BCUT2D eigenvalue weighted by molar-refractivity contribution is -0.385. The number of hydrogen-bond acceptors (Lipinski definition) is 6. The Hall–Kier alpha value is -3.04. The minimum atomic E-state index is -0.649. The first-order valence-electron chi connectivity index (χ1n) is 10.1. The highest BCUT2D eigenvalue weighted by atomic mass is 79.9. The van der Waals surface area contributed by atoms with Crippen LogP contribution in [0.3, 0.4) is 0 Å². The van der Waals surface area contributed by atoms with E-state index in [9.17, 15) is 20.0 Å². The number of phenols is 1. The van der Waals surface area contributed by atoms with Crippen LogP contribution in [0.5, 0.6) is 5.75 Å². The van der Waals surface area contributed by atoms with E-state index in [1.807, 2.05) is 30.3 Å². The van der Waals surface area contributed by atoms with E-state index in [2.05, 4.69) is 26.2 Å². The zero-order valence-corrected chi connectivity index (χ0v) is 19.4. The van der Waals surface area contributed by atoms with Crippen LogP contribution in [-0.4, -0.2) is 22.2 Å². The molecule has 0 aliphatic heterocycles. The van der Waals surface area contributed by atoms with Crippen molar-refractivity contribution in [1.82, 2.24) is 5.32 Å². The van der Waals surface area contributed by atoms with E-state index in [-0.39, 0.29) is 11.5 Å². The number of amides is 1. The third kappa shape index (κ3) is 4.73. The van der Waals surface area contributed by atoms with Crippen molar-refractivity contribution in [1.29, 1.82) is 0 Å². The molecule has 0 unspecified atom stereocenters. The van der Waals surface area contributed by atoms with Crippen molar-refractivity contribution < 1.29 is 14.8 Å². The number of nitrogens with zero attached hydrogens (tertiary/aromatic N) is 2. The van der Waals surface area contributed by atoms with E-state index >= 15 is 0 Å². The van der Waals surface area contributed by atoms with Crippen LogP contribution < -0.4 is 5.32 Å². The fourth-order valence-corrected chi connectivity index (χ4v) is 5.41. The molecule has 7 nitrogen and oxygen atoms in total. The van der Waals surface area contributed by atoms with Crippen molar-refractivity contribution >= 4 is 50.1 Å². The molecular weight excluding hydrogens is 494 g/mol. The van der Waals surface area contributed by atoms with Gasteiger partial charge in [0.1, 0.15) is 5.00 Å². The van der Waals surface area contributed by atoms with Gasteiger partial charge in [-0.2, -0.15) is 0 Å². The molecule has 0 radical (unpaired) electrons. The second-order valence-corrected chi connectivity index (χ2v) is 9.44. The minimum Gasteiger partial charge on any atom is -0.502 e. The van der Waals surface area contributed by atoms with Gasteiger partial charge < -0.3 is 10.4 Å². The number of carbonyl (C=O) groups is 1. The number of benzene rings is 2. The van der Waals surface area contributed by atoms with Crippen LogP contribution in [0.4, 0.5) is 10.7 Å². The number of hydrogen-bond donors (Lipinski definition) is 2. The molecule has 1 amide bonds. The number of aliphatic imine (C=N–C) groups is 1. The first kappa shape index (κ1) is 22.2. The monoisotopic (exact) mass is 513 g/mol. The topological polar surface area (TPSA) is 105 Å². The summed E-state index contributed by atoms with van der Waals surface area (Å²) in [6.45, 7) is 0.409. The quantitative estimate of drug-likeness (QED) is 0.251. The standard InChI is InChI=1S/C23H20BrN3O4S/c24-16-10-15(21(28)18(11-16)27(30)31)13-26-23-20(17-8-4-5-9-19(17)32-23)22(29)25-12-14-6-2-1-3-7-14/h1-3,6-7,10-11,13,28H,4-5,8-9,12H2,(H,25,29). The van der Waals surface area contributed by atoms with Crippen LogP contribution in [0, 0.1) is 10.1 Å². The molecule has 4 rings (SSSR count). The molecule has 0 spiro atoms. The summed E-state index contributed by atoms with van der Waals surface area (Å²) in [5.74, 6) is -0.650. The van der Waals surface area contributed by atoms with Crippen molar-refractivity contribution in [2.45, 2.75) is 32.2 Å². The number of nitrogens with one attached hydrogen (secondary N) is 1. The van der Waals surface area contributed by atoms with Crippen molar-refractivity contribution in [3.8, 4) is 5.75 Å². The summed E-state index contributed by atoms with van der Waals surface area (Å²) in [6.07, 6.45) is 5.19. The van der Waals surface area contributed by atoms with Gasteiger partial charge in [-0.1, -0.05) is 46.3 Å². The maximum atomic E-state index is 13.1. The van der Waals surface area contributed by atoms with Crippen molar-refractivity contribution in [2.24, 2.45) is 4.99 Å². The summed E-state index contributed by atoms with van der Waals surface area (Å²) >= 11 is 4.70. The van der Waals surface area contributed by atoms with E-state index in [1.54, 1.807) is 6.07 Å². The van der Waals surface area contributed by atoms with Crippen LogP contribution in [0.25, 0.3) is 0 Å². The van der Waals surface area contributed by atoms with Crippen LogP contribution in [-0.2, 0) is 19.4 Å². The van der Waals surface area contributed by atoms with E-state index in [1.165, 1.54) is 23.6 Å². The third-order valence-corrected chi connectivity index (χ3v) is 6.93. The van der Waals surface area contributed by atoms with Crippen molar-refractivity contribution in [3.63, 3.8) is 0 Å². The lowest BCUT2D eigenvalue weighted by Crippen LogP contribution is -2.24. The number of rotatable bonds is 6. The van der Waals surface area contributed by atoms with Gasteiger partial charge in [-0.25, -0.2) is 4.99 Å². The summed E-state index contributed by atoms with van der Waals surface area (Å²) in [7, 11) is 0. The summed E-state index contributed by atoms with van der Waals surface area (Å²) in [5.41, 5.74) is 2.38. The summed E-state index contributed by atoms with van der Waals surface area (Å²) in [4.78, 5) is 29.3. The SMILES string of the molecule is O=C(NCc1ccccc1)c1c(N=Cc2cc(Br)cc([N+](=O)[O-])c2O)sc2c1CCCC2. The zero-order valence-electron chi connectivity index (χ0n) is 17.0. The smallest absolute Gasteiger partial charge is 0.312 e. The maximum absolute atomic E-state index is 13.1. The first-order valence-corrected chi connectivity index (χ1v) is 11.7. The minimum absolute atomic E-state index is 0.190. The molecule has 0 saturated heterocycles. The van der Waals surface area contributed by atoms with E-state index in [0.29, 0.717) is 21.6 Å². The Morgan fingerprint density at radius 2 is 2.00 bits per heavy atom. The van der Waals surface area contributed by atoms with Crippen molar-refractivity contribution in [2.75, 3.05) is 0 Å². The molecule has 32 heavy (non-hydrogen) atoms. The van der Waals surface area contributed by atoms with Gasteiger partial charge in [0, 0.05) is 33.7 Å². The molecule has 1 heterocycles. The third-order valence-electron chi connectivity index (χ3n) is 5.28. The molecule has 9 heteroatoms. The predicted octanol–water partition coefficient (Wildman–Crippen LogP) is 5.68. The van der Waals surface area contributed by atoms with Gasteiger partial charge in [0.25, 0.3) is 5.91 Å². The molecule has 1 aromatic heterocycles. The van der Waals surface area contributed by atoms with E-state index in [4.69, 9.17) is 0 Å². The number of nitro benzene ring substituents is 1. The number of fused-ring (bicyclic) bond motifs is 1. The van der Waals surface area contributed by atoms with Crippen LogP contribution in [0.15, 0.2) is 51.9 Å². The Kier molecular flexibility index (Phi) is 6.66. The maximum Gasteiger partial charge on any atom is 0.312 e. The molecule has 2 N–H and O–H groups in total. The number of aryl methyl sites for hydroxylation is 1. The molecule has 0 atom stereocenters. The molecule has 1 aliphatic rings. The fraction of sp³-hybridized carbons (Fsp3) is 0.217. The van der Waals surface area contributed by atoms with Gasteiger partial charge in [-0.05, 0) is 42.9 Å². The highest BCUT2D eigenvalue weighted by molar-refractivity contribution is 9.10. The van der Waals surface area contributed by atoms with Crippen molar-refractivity contribution in [3.05, 3.63) is 84.2 Å². The van der Waals surface area contributed by atoms with Gasteiger partial charge in [0.15, 0.2) is 0 Å². The Balaban J connectivity index is 1.67. The average Bonchev–Trinajstić information content (AvgIpc) is 3.16. The number of aromatic hydroxyl groups is 1. The highest BCUT2D eigenvalue weighted by Crippen LogP contribution is 2.40. The van der Waals surface area contributed by atoms with Gasteiger partial charge in [-0.3, -0.25) is 14.9 Å². The highest BCUT2D eigenvalue weighted by Gasteiger charge is 2.25. The predicted molar refractivity (Wildman–Crippen MR) is 128 cm³/mol. The molecule has 164 valence electrons. The molecule has 0 bridgehead atoms. The molecule has 2 aromatic carbocycles. The Morgan fingerprint density at radius 3 is 2.75 bits per heavy atom. The second kappa shape index (κ2) is 9.62. The summed E-state index contributed by atoms with van der Waals surface area (Å²) < 4.78 is 0.453. The zero-order chi connectivity index (χ0) is 22.7. The molecule has 3 aromatic rings. The number of nitro groups is 1. The average molecular weight is 514 g/mol. The largest absolute Gasteiger partial charge is 0.502 e. The molecule has 1 aliphatic carbocycles. The Labute approximate surface area is 197 Å².